The van der Waals surface area contributed by atoms with Crippen LogP contribution in [0.15, 0.2) is 150 Å². The Kier molecular flexibility index (Phi) is 5.88. The summed E-state index contributed by atoms with van der Waals surface area (Å²) in [5.41, 5.74) is 9.18. The molecule has 1 aromatic heterocycles. The van der Waals surface area contributed by atoms with E-state index in [9.17, 15) is 0 Å². The maximum atomic E-state index is 7.02. The van der Waals surface area contributed by atoms with E-state index in [0.29, 0.717) is 5.02 Å². The third-order valence-corrected chi connectivity index (χ3v) is 7.45. The van der Waals surface area contributed by atoms with Crippen LogP contribution in [0.2, 0.25) is 5.02 Å². The van der Waals surface area contributed by atoms with Crippen molar-refractivity contribution in [2.75, 3.05) is 4.90 Å². The average Bonchev–Trinajstić information content (AvgIpc) is 3.37. The van der Waals surface area contributed by atoms with E-state index in [0.717, 1.165) is 55.7 Å². The monoisotopic (exact) mass is 521 g/mol. The molecule has 0 radical (unpaired) electrons. The van der Waals surface area contributed by atoms with Gasteiger partial charge < -0.3 is 9.32 Å². The molecule has 0 aliphatic rings. The highest BCUT2D eigenvalue weighted by atomic mass is 35.5. The van der Waals surface area contributed by atoms with Crippen LogP contribution >= 0.6 is 11.6 Å². The second kappa shape index (κ2) is 9.83. The zero-order chi connectivity index (χ0) is 26.2. The Morgan fingerprint density at radius 3 is 1.72 bits per heavy atom. The van der Waals surface area contributed by atoms with Gasteiger partial charge in [-0.3, -0.25) is 0 Å². The average molecular weight is 522 g/mol. The summed E-state index contributed by atoms with van der Waals surface area (Å²) < 4.78 is 6.24. The summed E-state index contributed by atoms with van der Waals surface area (Å²) in [5.74, 6) is 0. The Bertz CT molecular complexity index is 1910. The topological polar surface area (TPSA) is 16.4 Å². The van der Waals surface area contributed by atoms with Gasteiger partial charge in [-0.05, 0) is 64.7 Å². The maximum absolute atomic E-state index is 7.02. The molecular weight excluding hydrogens is 498 g/mol. The van der Waals surface area contributed by atoms with E-state index in [-0.39, 0.29) is 0 Å². The predicted octanol–water partition coefficient (Wildman–Crippen LogP) is 11.0. The number of rotatable bonds is 5. The number of benzene rings is 6. The van der Waals surface area contributed by atoms with Crippen molar-refractivity contribution < 1.29 is 4.42 Å². The van der Waals surface area contributed by atoms with Crippen molar-refractivity contribution in [2.24, 2.45) is 0 Å². The maximum Gasteiger partial charge on any atom is 0.137 e. The molecule has 7 aromatic rings. The molecule has 0 aliphatic carbocycles. The van der Waals surface area contributed by atoms with Gasteiger partial charge in [0.2, 0.25) is 0 Å². The molecule has 3 heteroatoms. The van der Waals surface area contributed by atoms with E-state index >= 15 is 0 Å². The highest BCUT2D eigenvalue weighted by molar-refractivity contribution is 6.34. The van der Waals surface area contributed by atoms with Crippen LogP contribution in [0.3, 0.4) is 0 Å². The minimum atomic E-state index is 0.674. The summed E-state index contributed by atoms with van der Waals surface area (Å²) in [5, 5.41) is 2.88. The number of anilines is 3. The molecule has 0 aliphatic heterocycles. The highest BCUT2D eigenvalue weighted by Crippen LogP contribution is 2.42. The summed E-state index contributed by atoms with van der Waals surface area (Å²) in [6.07, 6.45) is 0. The van der Waals surface area contributed by atoms with Gasteiger partial charge in [-0.15, -0.1) is 0 Å². The van der Waals surface area contributed by atoms with Crippen molar-refractivity contribution in [2.45, 2.75) is 0 Å². The van der Waals surface area contributed by atoms with Gasteiger partial charge in [0.1, 0.15) is 11.2 Å². The Morgan fingerprint density at radius 2 is 1.00 bits per heavy atom. The first-order valence-corrected chi connectivity index (χ1v) is 13.3. The molecule has 6 aromatic carbocycles. The van der Waals surface area contributed by atoms with Gasteiger partial charge in [0, 0.05) is 28.2 Å². The molecule has 0 unspecified atom stereocenters. The molecule has 0 atom stereocenters. The first kappa shape index (κ1) is 23.3. The number of hydrogen-bond donors (Lipinski definition) is 0. The molecule has 2 nitrogen and oxygen atoms in total. The Morgan fingerprint density at radius 1 is 0.436 bits per heavy atom. The number of halogens is 1. The van der Waals surface area contributed by atoms with Crippen LogP contribution in [-0.4, -0.2) is 0 Å². The number of para-hydroxylation sites is 1. The molecular formula is C36H24ClNO. The minimum absolute atomic E-state index is 0.674. The van der Waals surface area contributed by atoms with Crippen LogP contribution in [0, 0.1) is 0 Å². The zero-order valence-electron chi connectivity index (χ0n) is 21.1. The normalized spacial score (nSPS) is 11.2. The van der Waals surface area contributed by atoms with Gasteiger partial charge >= 0.3 is 0 Å². The van der Waals surface area contributed by atoms with Gasteiger partial charge in [0.15, 0.2) is 0 Å². The molecule has 0 saturated carbocycles. The fraction of sp³-hybridized carbons (Fsp3) is 0. The minimum Gasteiger partial charge on any atom is -0.456 e. The number of hydrogen-bond acceptors (Lipinski definition) is 2. The van der Waals surface area contributed by atoms with E-state index in [1.807, 2.05) is 48.5 Å². The fourth-order valence-electron chi connectivity index (χ4n) is 5.21. The molecule has 0 N–H and O–H groups in total. The lowest BCUT2D eigenvalue weighted by atomic mass is 10.0. The first-order valence-electron chi connectivity index (χ1n) is 13.0. The van der Waals surface area contributed by atoms with Crippen LogP contribution in [-0.2, 0) is 0 Å². The zero-order valence-corrected chi connectivity index (χ0v) is 21.8. The highest BCUT2D eigenvalue weighted by Gasteiger charge is 2.18. The molecule has 0 amide bonds. The third kappa shape index (κ3) is 4.35. The lowest BCUT2D eigenvalue weighted by molar-refractivity contribution is 0.669. The summed E-state index contributed by atoms with van der Waals surface area (Å²) >= 11 is 7.02. The molecule has 1 heterocycles. The van der Waals surface area contributed by atoms with E-state index in [1.54, 1.807) is 0 Å². The van der Waals surface area contributed by atoms with Crippen LogP contribution in [0.4, 0.5) is 17.1 Å². The van der Waals surface area contributed by atoms with Crippen molar-refractivity contribution >= 4 is 50.6 Å². The summed E-state index contributed by atoms with van der Waals surface area (Å²) in [4.78, 5) is 2.19. The lowest BCUT2D eigenvalue weighted by Crippen LogP contribution is -2.10. The summed E-state index contributed by atoms with van der Waals surface area (Å²) in [6.45, 7) is 0. The van der Waals surface area contributed by atoms with Gasteiger partial charge in [-0.1, -0.05) is 109 Å². The first-order chi connectivity index (χ1) is 19.2. The van der Waals surface area contributed by atoms with Crippen molar-refractivity contribution in [1.82, 2.24) is 0 Å². The molecule has 0 spiro atoms. The van der Waals surface area contributed by atoms with Crippen molar-refractivity contribution in [3.05, 3.63) is 151 Å². The van der Waals surface area contributed by atoms with Crippen LogP contribution in [0.25, 0.3) is 44.2 Å². The second-order valence-corrected chi connectivity index (χ2v) is 9.97. The standard InChI is InChI=1S/C36H24ClNO/c37-33-23-28(26-11-5-2-6-12-26)17-22-34(33)38(29-18-15-27(16-19-29)25-9-3-1-4-10-25)30-20-21-32-31-13-7-8-14-35(31)39-36(32)24-30/h1-24H. The SMILES string of the molecule is Clc1cc(-c2ccccc2)ccc1N(c1ccc(-c2ccccc2)cc1)c1ccc2c(c1)oc1ccccc12. The van der Waals surface area contributed by atoms with Gasteiger partial charge in [-0.2, -0.15) is 0 Å². The van der Waals surface area contributed by atoms with Gasteiger partial charge in [-0.25, -0.2) is 0 Å². The van der Waals surface area contributed by atoms with Crippen molar-refractivity contribution in [1.29, 1.82) is 0 Å². The number of nitrogens with zero attached hydrogens (tertiary/aromatic N) is 1. The molecule has 0 saturated heterocycles. The summed E-state index contributed by atoms with van der Waals surface area (Å²) in [6, 6.07) is 50.1. The Balaban J connectivity index is 1.37. The Labute approximate surface area is 232 Å². The Hall–Kier alpha value is -4.79. The molecule has 39 heavy (non-hydrogen) atoms. The third-order valence-electron chi connectivity index (χ3n) is 7.15. The number of fused-ring (bicyclic) bond motifs is 3. The molecule has 0 bridgehead atoms. The van der Waals surface area contributed by atoms with E-state index < -0.39 is 0 Å². The van der Waals surface area contributed by atoms with Crippen molar-refractivity contribution in [3.63, 3.8) is 0 Å². The van der Waals surface area contributed by atoms with Gasteiger partial charge in [0.25, 0.3) is 0 Å². The fourth-order valence-corrected chi connectivity index (χ4v) is 5.48. The van der Waals surface area contributed by atoms with E-state index in [2.05, 4.69) is 102 Å². The van der Waals surface area contributed by atoms with Crippen molar-refractivity contribution in [3.8, 4) is 22.3 Å². The molecule has 0 fully saturated rings. The second-order valence-electron chi connectivity index (χ2n) is 9.56. The van der Waals surface area contributed by atoms with Gasteiger partial charge in [0.05, 0.1) is 10.7 Å². The molecule has 186 valence electrons. The largest absolute Gasteiger partial charge is 0.456 e. The quantitative estimate of drug-likeness (QED) is 0.224. The van der Waals surface area contributed by atoms with Crippen LogP contribution in [0.5, 0.6) is 0 Å². The predicted molar refractivity (Wildman–Crippen MR) is 164 cm³/mol. The molecule has 7 rings (SSSR count). The van der Waals surface area contributed by atoms with E-state index in [4.69, 9.17) is 16.0 Å². The smallest absolute Gasteiger partial charge is 0.137 e. The van der Waals surface area contributed by atoms with Crippen LogP contribution < -0.4 is 4.90 Å². The van der Waals surface area contributed by atoms with E-state index in [1.165, 1.54) is 5.56 Å². The van der Waals surface area contributed by atoms with Crippen LogP contribution in [0.1, 0.15) is 0 Å². The number of furan rings is 1. The lowest BCUT2D eigenvalue weighted by Gasteiger charge is -2.27. The summed E-state index contributed by atoms with van der Waals surface area (Å²) in [7, 11) is 0.